The Balaban J connectivity index is 1.31. The Labute approximate surface area is 225 Å². The third kappa shape index (κ3) is 5.08. The number of aromatic nitrogens is 1. The minimum absolute atomic E-state index is 0.0487. The molecule has 38 heavy (non-hydrogen) atoms. The molecule has 4 aromatic rings. The van der Waals surface area contributed by atoms with Crippen LogP contribution in [0.3, 0.4) is 0 Å². The van der Waals surface area contributed by atoms with E-state index in [1.807, 2.05) is 48.5 Å². The normalized spacial score (nSPS) is 16.4. The maximum atomic E-state index is 13.7. The van der Waals surface area contributed by atoms with Crippen molar-refractivity contribution >= 4 is 38.4 Å². The number of carbonyl (C=O) groups excluding carboxylic acids is 1. The number of H-pyrrole nitrogens is 1. The van der Waals surface area contributed by atoms with Gasteiger partial charge in [-0.2, -0.15) is 4.31 Å². The van der Waals surface area contributed by atoms with E-state index < -0.39 is 22.0 Å². The number of sulfonamides is 1. The smallest absolute Gasteiger partial charge is 0.266 e. The summed E-state index contributed by atoms with van der Waals surface area (Å²) in [6, 6.07) is 20.0. The number of ether oxygens (including phenoxy) is 3. The highest BCUT2D eigenvalue weighted by molar-refractivity contribution is 7.89. The van der Waals surface area contributed by atoms with Crippen molar-refractivity contribution in [3.63, 3.8) is 0 Å². The minimum Gasteiger partial charge on any atom is -0.496 e. The number of rotatable bonds is 8. The lowest BCUT2D eigenvalue weighted by Gasteiger charge is -2.32. The Kier molecular flexibility index (Phi) is 7.31. The number of fused-ring (bicyclic) bond motifs is 1. The summed E-state index contributed by atoms with van der Waals surface area (Å²) < 4.78 is 45.8. The van der Waals surface area contributed by atoms with Crippen molar-refractivity contribution in [3.05, 3.63) is 77.4 Å². The number of methoxy groups -OCH3 is 1. The van der Waals surface area contributed by atoms with Gasteiger partial charge in [-0.25, -0.2) is 8.42 Å². The largest absolute Gasteiger partial charge is 0.496 e. The van der Waals surface area contributed by atoms with Crippen molar-refractivity contribution in [3.8, 4) is 22.6 Å². The van der Waals surface area contributed by atoms with Gasteiger partial charge in [0.25, 0.3) is 5.91 Å². The van der Waals surface area contributed by atoms with Crippen molar-refractivity contribution in [2.24, 2.45) is 5.73 Å². The Morgan fingerprint density at radius 2 is 1.92 bits per heavy atom. The quantitative estimate of drug-likeness (QED) is 0.338. The van der Waals surface area contributed by atoms with Crippen LogP contribution in [0.4, 0.5) is 0 Å². The maximum Gasteiger partial charge on any atom is 0.266 e. The van der Waals surface area contributed by atoms with E-state index in [4.69, 9.17) is 31.5 Å². The SMILES string of the molecule is COc1ccccc1-c1ccc(OC[C@@H]2CN(S(=O)(=O)c3c(C(N)=O)[nH]c4ccc(Cl)cc34)CCO2)cc1. The van der Waals surface area contributed by atoms with Gasteiger partial charge in [-0.05, 0) is 42.0 Å². The number of nitrogens with one attached hydrogen (secondary N) is 1. The average Bonchev–Trinajstić information content (AvgIpc) is 3.32. The van der Waals surface area contributed by atoms with Gasteiger partial charge in [0.1, 0.15) is 34.8 Å². The van der Waals surface area contributed by atoms with Crippen LogP contribution in [0.1, 0.15) is 10.5 Å². The Hall–Kier alpha value is -3.57. The van der Waals surface area contributed by atoms with E-state index in [1.165, 1.54) is 10.4 Å². The molecule has 9 nitrogen and oxygen atoms in total. The van der Waals surface area contributed by atoms with Crippen LogP contribution in [-0.2, 0) is 14.8 Å². The van der Waals surface area contributed by atoms with Crippen LogP contribution in [-0.4, -0.2) is 63.1 Å². The number of morpholine rings is 1. The number of nitrogens with two attached hydrogens (primary N) is 1. The van der Waals surface area contributed by atoms with Crippen LogP contribution in [0.5, 0.6) is 11.5 Å². The molecule has 198 valence electrons. The second-order valence-electron chi connectivity index (χ2n) is 8.77. The number of carbonyl (C=O) groups is 1. The fraction of sp³-hybridized carbons (Fsp3) is 0.222. The topological polar surface area (TPSA) is 124 Å². The van der Waals surface area contributed by atoms with Crippen molar-refractivity contribution in [1.82, 2.24) is 9.29 Å². The second-order valence-corrected chi connectivity index (χ2v) is 11.1. The van der Waals surface area contributed by atoms with E-state index in [9.17, 15) is 13.2 Å². The van der Waals surface area contributed by atoms with Gasteiger partial charge in [0.15, 0.2) is 0 Å². The molecule has 5 rings (SSSR count). The molecule has 3 aromatic carbocycles. The molecule has 0 spiro atoms. The van der Waals surface area contributed by atoms with Crippen LogP contribution >= 0.6 is 11.6 Å². The fourth-order valence-electron chi connectivity index (χ4n) is 4.52. The Morgan fingerprint density at radius 1 is 1.16 bits per heavy atom. The summed E-state index contributed by atoms with van der Waals surface area (Å²) in [5.74, 6) is 0.519. The number of amides is 1. The van der Waals surface area contributed by atoms with Crippen LogP contribution in [0, 0.1) is 0 Å². The van der Waals surface area contributed by atoms with E-state index in [0.29, 0.717) is 21.7 Å². The Bertz CT molecular complexity index is 1590. The van der Waals surface area contributed by atoms with Crippen molar-refractivity contribution in [2.45, 2.75) is 11.0 Å². The summed E-state index contributed by atoms with van der Waals surface area (Å²) in [7, 11) is -2.47. The molecule has 0 aliphatic carbocycles. The molecule has 0 radical (unpaired) electrons. The zero-order chi connectivity index (χ0) is 26.9. The number of halogens is 1. The van der Waals surface area contributed by atoms with Gasteiger partial charge in [-0.15, -0.1) is 0 Å². The fourth-order valence-corrected chi connectivity index (χ4v) is 6.49. The number of aromatic amines is 1. The third-order valence-corrected chi connectivity index (χ3v) is 8.55. The first-order valence-electron chi connectivity index (χ1n) is 11.9. The van der Waals surface area contributed by atoms with Crippen LogP contribution in [0.2, 0.25) is 5.02 Å². The highest BCUT2D eigenvalue weighted by atomic mass is 35.5. The molecular formula is C27H26ClN3O6S. The van der Waals surface area contributed by atoms with Crippen molar-refractivity contribution in [2.75, 3.05) is 33.4 Å². The number of para-hydroxylation sites is 1. The first-order chi connectivity index (χ1) is 18.3. The highest BCUT2D eigenvalue weighted by Gasteiger charge is 2.36. The van der Waals surface area contributed by atoms with E-state index in [-0.39, 0.29) is 36.9 Å². The molecule has 11 heteroatoms. The first kappa shape index (κ1) is 26.1. The lowest BCUT2D eigenvalue weighted by molar-refractivity contribution is -0.0249. The lowest BCUT2D eigenvalue weighted by Crippen LogP contribution is -2.47. The van der Waals surface area contributed by atoms with Gasteiger partial charge < -0.3 is 24.9 Å². The van der Waals surface area contributed by atoms with Crippen molar-refractivity contribution in [1.29, 1.82) is 0 Å². The van der Waals surface area contributed by atoms with Crippen molar-refractivity contribution < 1.29 is 27.4 Å². The van der Waals surface area contributed by atoms with Gasteiger partial charge in [-0.1, -0.05) is 41.9 Å². The molecule has 0 bridgehead atoms. The number of nitrogens with zero attached hydrogens (tertiary/aromatic N) is 1. The van der Waals surface area contributed by atoms with E-state index in [0.717, 1.165) is 16.9 Å². The molecule has 2 heterocycles. The van der Waals surface area contributed by atoms with Crippen LogP contribution in [0.25, 0.3) is 22.0 Å². The number of primary amides is 1. The van der Waals surface area contributed by atoms with Gasteiger partial charge in [0, 0.05) is 34.6 Å². The summed E-state index contributed by atoms with van der Waals surface area (Å²) in [5.41, 5.74) is 7.72. The summed E-state index contributed by atoms with van der Waals surface area (Å²) in [4.78, 5) is 14.7. The zero-order valence-corrected chi connectivity index (χ0v) is 22.1. The predicted molar refractivity (Wildman–Crippen MR) is 144 cm³/mol. The van der Waals surface area contributed by atoms with Gasteiger partial charge in [-0.3, -0.25) is 4.79 Å². The summed E-state index contributed by atoms with van der Waals surface area (Å²) in [6.07, 6.45) is -0.516. The summed E-state index contributed by atoms with van der Waals surface area (Å²) >= 11 is 6.12. The second kappa shape index (κ2) is 10.7. The van der Waals surface area contributed by atoms with Gasteiger partial charge in [0.2, 0.25) is 10.0 Å². The Morgan fingerprint density at radius 3 is 2.66 bits per heavy atom. The minimum atomic E-state index is -4.10. The van der Waals surface area contributed by atoms with Gasteiger partial charge in [0.05, 0.1) is 13.7 Å². The number of hydrogen-bond donors (Lipinski definition) is 2. The number of benzene rings is 3. The molecule has 1 fully saturated rings. The number of hydrogen-bond acceptors (Lipinski definition) is 6. The molecule has 1 aliphatic heterocycles. The molecule has 0 unspecified atom stereocenters. The predicted octanol–water partition coefficient (Wildman–Crippen LogP) is 4.06. The molecule has 1 amide bonds. The highest BCUT2D eigenvalue weighted by Crippen LogP contribution is 2.33. The molecule has 1 atom stereocenters. The average molecular weight is 556 g/mol. The van der Waals surface area contributed by atoms with Crippen LogP contribution in [0.15, 0.2) is 71.6 Å². The molecule has 1 aliphatic rings. The molecule has 3 N–H and O–H groups in total. The van der Waals surface area contributed by atoms with E-state index >= 15 is 0 Å². The van der Waals surface area contributed by atoms with Crippen LogP contribution < -0.4 is 15.2 Å². The third-order valence-electron chi connectivity index (χ3n) is 6.37. The molecule has 1 saturated heterocycles. The maximum absolute atomic E-state index is 13.7. The molecular weight excluding hydrogens is 530 g/mol. The van der Waals surface area contributed by atoms with E-state index in [1.54, 1.807) is 19.2 Å². The lowest BCUT2D eigenvalue weighted by atomic mass is 10.0. The standard InChI is InChI=1S/C27H26ClN3O6S/c1-35-24-5-3-2-4-21(24)17-6-9-19(10-7-17)37-16-20-15-31(12-13-36-20)38(33,34)26-22-14-18(28)8-11-23(22)30-25(26)27(29)32/h2-11,14,20,30H,12-13,15-16H2,1H3,(H2,29,32)/t20-/m0/s1. The first-order valence-corrected chi connectivity index (χ1v) is 13.7. The summed E-state index contributed by atoms with van der Waals surface area (Å²) in [6.45, 7) is 0.488. The summed E-state index contributed by atoms with van der Waals surface area (Å²) in [5, 5.41) is 0.648. The zero-order valence-electron chi connectivity index (χ0n) is 20.5. The molecule has 0 saturated carbocycles. The monoisotopic (exact) mass is 555 g/mol. The van der Waals surface area contributed by atoms with Gasteiger partial charge >= 0.3 is 0 Å². The molecule has 1 aromatic heterocycles. The van der Waals surface area contributed by atoms with E-state index in [2.05, 4.69) is 4.98 Å².